The fourth-order valence-electron chi connectivity index (χ4n) is 10.3. The quantitative estimate of drug-likeness (QED) is 0.0169. The van der Waals surface area contributed by atoms with Crippen LogP contribution in [-0.2, 0) is 65.4 Å². The minimum absolute atomic E-state index is 0.0841. The van der Waals surface area contributed by atoms with E-state index in [4.69, 9.17) is 37.0 Å². The van der Waals surface area contributed by atoms with E-state index in [2.05, 4.69) is 101 Å². The fraction of sp³-hybridized carbons (Fsp3) is 0.792. The van der Waals surface area contributed by atoms with Gasteiger partial charge in [0.2, 0.25) is 0 Å². The lowest BCUT2D eigenvalue weighted by Crippen LogP contribution is -2.30. The van der Waals surface area contributed by atoms with Gasteiger partial charge in [-0.2, -0.15) is 0 Å². The van der Waals surface area contributed by atoms with Crippen LogP contribution in [0.4, 0.5) is 0 Å². The number of hydrogen-bond acceptors (Lipinski definition) is 15. The van der Waals surface area contributed by atoms with Crippen molar-refractivity contribution in [2.45, 2.75) is 354 Å². The topological polar surface area (TPSA) is 237 Å². The summed E-state index contributed by atoms with van der Waals surface area (Å²) in [5.74, 6) is -2.19. The van der Waals surface area contributed by atoms with Crippen molar-refractivity contribution >= 4 is 39.5 Å². The van der Waals surface area contributed by atoms with Crippen LogP contribution < -0.4 is 0 Å². The van der Waals surface area contributed by atoms with Crippen molar-refractivity contribution in [2.75, 3.05) is 39.6 Å². The number of hydrogen-bond donors (Lipinski definition) is 3. The Labute approximate surface area is 583 Å². The predicted octanol–water partition coefficient (Wildman–Crippen LogP) is 21.7. The molecule has 0 rings (SSSR count). The molecule has 0 spiro atoms. The van der Waals surface area contributed by atoms with Crippen LogP contribution in [0, 0.1) is 0 Å². The maximum absolute atomic E-state index is 13.1. The van der Waals surface area contributed by atoms with Gasteiger partial charge >= 0.3 is 39.5 Å². The van der Waals surface area contributed by atoms with Gasteiger partial charge < -0.3 is 33.8 Å². The van der Waals surface area contributed by atoms with E-state index in [-0.39, 0.29) is 25.7 Å². The van der Waals surface area contributed by atoms with Gasteiger partial charge in [-0.25, -0.2) is 9.13 Å². The van der Waals surface area contributed by atoms with E-state index in [1.165, 1.54) is 83.5 Å². The number of aliphatic hydroxyl groups is 1. The van der Waals surface area contributed by atoms with Crippen molar-refractivity contribution < 1.29 is 80.2 Å². The first kappa shape index (κ1) is 92.5. The van der Waals surface area contributed by atoms with Gasteiger partial charge in [-0.1, -0.05) is 274 Å². The molecule has 0 amide bonds. The zero-order chi connectivity index (χ0) is 70.4. The second-order valence-corrected chi connectivity index (χ2v) is 28.5. The summed E-state index contributed by atoms with van der Waals surface area (Å²) in [6.07, 6.45) is 68.9. The number of ether oxygens (including phenoxy) is 4. The van der Waals surface area contributed by atoms with Gasteiger partial charge in [-0.3, -0.25) is 37.3 Å². The molecule has 19 heteroatoms. The molecule has 0 aromatic carbocycles. The Kier molecular flexibility index (Phi) is 67.4. The fourth-order valence-corrected chi connectivity index (χ4v) is 11.9. The molecule has 17 nitrogen and oxygen atoms in total. The van der Waals surface area contributed by atoms with E-state index in [1.807, 2.05) is 0 Å². The maximum atomic E-state index is 13.1. The van der Waals surface area contributed by atoms with Crippen molar-refractivity contribution in [1.29, 1.82) is 0 Å². The highest BCUT2D eigenvalue weighted by atomic mass is 31.2. The molecule has 0 radical (unpaired) electrons. The van der Waals surface area contributed by atoms with Crippen LogP contribution in [0.5, 0.6) is 0 Å². The highest BCUT2D eigenvalue weighted by Crippen LogP contribution is 2.45. The highest BCUT2D eigenvalue weighted by Gasteiger charge is 2.30. The first-order chi connectivity index (χ1) is 46.7. The van der Waals surface area contributed by atoms with Crippen LogP contribution in [0.1, 0.15) is 336 Å². The van der Waals surface area contributed by atoms with E-state index < -0.39 is 97.5 Å². The van der Waals surface area contributed by atoms with Gasteiger partial charge in [0.15, 0.2) is 12.2 Å². The predicted molar refractivity (Wildman–Crippen MR) is 390 cm³/mol. The normalized spacial score (nSPS) is 14.4. The number of aliphatic hydroxyl groups excluding tert-OH is 1. The lowest BCUT2D eigenvalue weighted by atomic mass is 10.0. The Morgan fingerprint density at radius 3 is 0.896 bits per heavy atom. The Morgan fingerprint density at radius 1 is 0.302 bits per heavy atom. The van der Waals surface area contributed by atoms with Crippen LogP contribution in [0.15, 0.2) is 72.9 Å². The largest absolute Gasteiger partial charge is 0.472 e. The molecule has 0 saturated heterocycles. The van der Waals surface area contributed by atoms with Crippen molar-refractivity contribution in [2.24, 2.45) is 0 Å². The Morgan fingerprint density at radius 2 is 0.552 bits per heavy atom. The van der Waals surface area contributed by atoms with Crippen LogP contribution in [0.3, 0.4) is 0 Å². The number of rotatable bonds is 72. The number of phosphoric acid groups is 2. The molecule has 0 heterocycles. The van der Waals surface area contributed by atoms with Crippen molar-refractivity contribution in [3.63, 3.8) is 0 Å². The molecule has 0 bridgehead atoms. The zero-order valence-corrected chi connectivity index (χ0v) is 62.6. The third-order valence-electron chi connectivity index (χ3n) is 16.2. The standard InChI is InChI=1S/C77H138O17P2/c1-5-9-13-17-21-25-29-32-34-35-37-40-43-46-50-54-58-62-75(80)88-68-73(94-77(82)64-60-56-52-48-44-38-31-27-23-19-15-11-7-3)70-92-96(85,86)90-66-71(78)65-89-95(83,84)91-69-72(93-76(81)63-59-55-51-47-41-28-24-20-16-12-8-4)67-87-74(79)61-57-53-49-45-42-39-36-33-30-26-22-18-14-10-6-2/h9,13,20-22,24-26,32-34,36,71-73,78H,5-8,10-12,14-19,23,27-31,35,37-70H2,1-4H3,(H,83,84)(H,85,86)/b13-9-,24-20-,25-21-,26-22-,34-32-,36-33-. The Bertz CT molecular complexity index is 2110. The molecular weight excluding hydrogens is 1260 g/mol. The van der Waals surface area contributed by atoms with Crippen molar-refractivity contribution in [1.82, 2.24) is 0 Å². The van der Waals surface area contributed by atoms with Crippen LogP contribution >= 0.6 is 15.6 Å². The monoisotopic (exact) mass is 1400 g/mol. The third kappa shape index (κ3) is 69.0. The van der Waals surface area contributed by atoms with Crippen molar-refractivity contribution in [3.05, 3.63) is 72.9 Å². The van der Waals surface area contributed by atoms with E-state index >= 15 is 0 Å². The molecule has 558 valence electrons. The Balaban J connectivity index is 5.30. The van der Waals surface area contributed by atoms with Gasteiger partial charge in [0, 0.05) is 25.7 Å². The third-order valence-corrected chi connectivity index (χ3v) is 18.1. The summed E-state index contributed by atoms with van der Waals surface area (Å²) < 4.78 is 68.4. The van der Waals surface area contributed by atoms with E-state index in [9.17, 15) is 43.2 Å². The Hall–Kier alpha value is -3.50. The van der Waals surface area contributed by atoms with Crippen LogP contribution in [-0.4, -0.2) is 96.7 Å². The molecule has 5 atom stereocenters. The minimum atomic E-state index is -4.97. The molecule has 0 aromatic rings. The van der Waals surface area contributed by atoms with Crippen molar-refractivity contribution in [3.8, 4) is 0 Å². The number of allylic oxidation sites excluding steroid dienone is 12. The summed E-state index contributed by atoms with van der Waals surface area (Å²) in [7, 11) is -9.94. The van der Waals surface area contributed by atoms with Gasteiger partial charge in [-0.05, 0) is 109 Å². The first-order valence-corrected chi connectivity index (χ1v) is 41.2. The summed E-state index contributed by atoms with van der Waals surface area (Å²) in [6.45, 7) is 4.70. The lowest BCUT2D eigenvalue weighted by molar-refractivity contribution is -0.161. The molecule has 0 aliphatic rings. The molecule has 0 aliphatic carbocycles. The number of carbonyl (C=O) groups is 4. The SMILES string of the molecule is CC/C=C\C/C=C\C/C=C\CCCCCCCCCC(=O)OCC(COP(=O)(O)OCC(O)COP(=O)(O)OCC(COC(=O)CCCCCCC/C=C\C/C=C\CCCCC)OC(=O)CCCCCCC/C=C\CCCC)OC(=O)CCCCCCCCCCCCCCC. The minimum Gasteiger partial charge on any atom is -0.462 e. The van der Waals surface area contributed by atoms with E-state index in [1.54, 1.807) is 0 Å². The average molecular weight is 1400 g/mol. The number of esters is 4. The van der Waals surface area contributed by atoms with E-state index in [0.717, 1.165) is 173 Å². The molecule has 0 aliphatic heterocycles. The number of unbranched alkanes of at least 4 members (excludes halogenated alkanes) is 34. The molecular formula is C77H138O17P2. The molecule has 0 saturated carbocycles. The van der Waals surface area contributed by atoms with Gasteiger partial charge in [-0.15, -0.1) is 0 Å². The highest BCUT2D eigenvalue weighted by molar-refractivity contribution is 7.47. The van der Waals surface area contributed by atoms with Gasteiger partial charge in [0.05, 0.1) is 26.4 Å². The molecule has 96 heavy (non-hydrogen) atoms. The van der Waals surface area contributed by atoms with Crippen LogP contribution in [0.2, 0.25) is 0 Å². The molecule has 5 unspecified atom stereocenters. The second kappa shape index (κ2) is 70.0. The summed E-state index contributed by atoms with van der Waals surface area (Å²) in [5, 5.41) is 10.6. The van der Waals surface area contributed by atoms with Gasteiger partial charge in [0.1, 0.15) is 19.3 Å². The summed E-state index contributed by atoms with van der Waals surface area (Å²) in [5.41, 5.74) is 0. The summed E-state index contributed by atoms with van der Waals surface area (Å²) in [4.78, 5) is 72.8. The number of phosphoric ester groups is 2. The maximum Gasteiger partial charge on any atom is 0.472 e. The lowest BCUT2D eigenvalue weighted by Gasteiger charge is -2.21. The van der Waals surface area contributed by atoms with Crippen LogP contribution in [0.25, 0.3) is 0 Å². The average Bonchev–Trinajstić information content (AvgIpc) is 1.17. The molecule has 0 aromatic heterocycles. The molecule has 3 N–H and O–H groups in total. The zero-order valence-electron chi connectivity index (χ0n) is 60.8. The summed E-state index contributed by atoms with van der Waals surface area (Å²) >= 11 is 0. The summed E-state index contributed by atoms with van der Waals surface area (Å²) in [6, 6.07) is 0. The second-order valence-electron chi connectivity index (χ2n) is 25.6. The number of carbonyl (C=O) groups excluding carboxylic acids is 4. The van der Waals surface area contributed by atoms with Gasteiger partial charge in [0.25, 0.3) is 0 Å². The first-order valence-electron chi connectivity index (χ1n) is 38.2. The smallest absolute Gasteiger partial charge is 0.462 e. The molecule has 0 fully saturated rings. The van der Waals surface area contributed by atoms with E-state index in [0.29, 0.717) is 25.7 Å².